The summed E-state index contributed by atoms with van der Waals surface area (Å²) in [6, 6.07) is 8.73. The van der Waals surface area contributed by atoms with Crippen molar-refractivity contribution in [1.29, 1.82) is 0 Å². The fourth-order valence-corrected chi connectivity index (χ4v) is 4.87. The van der Waals surface area contributed by atoms with Gasteiger partial charge < -0.3 is 20.9 Å². The molecule has 0 spiro atoms. The van der Waals surface area contributed by atoms with Crippen LogP contribution in [-0.4, -0.2) is 47.1 Å². The number of hydrogen-bond acceptors (Lipinski definition) is 6. The molecular formula is C23H19F3N6OS. The molecular weight excluding hydrogens is 465 g/mol. The Labute approximate surface area is 196 Å². The van der Waals surface area contributed by atoms with Gasteiger partial charge in [0.25, 0.3) is 0 Å². The minimum atomic E-state index is -0.836. The van der Waals surface area contributed by atoms with Gasteiger partial charge in [0, 0.05) is 43.2 Å². The number of hydrogen-bond donors (Lipinski definition) is 2. The Morgan fingerprint density at radius 2 is 1.68 bits per heavy atom. The van der Waals surface area contributed by atoms with Crippen molar-refractivity contribution in [3.05, 3.63) is 65.3 Å². The Morgan fingerprint density at radius 3 is 2.38 bits per heavy atom. The number of urea groups is 1. The predicted molar refractivity (Wildman–Crippen MR) is 126 cm³/mol. The zero-order chi connectivity index (χ0) is 23.8. The summed E-state index contributed by atoms with van der Waals surface area (Å²) in [6.07, 6.45) is 0. The van der Waals surface area contributed by atoms with Gasteiger partial charge >= 0.3 is 6.03 Å². The summed E-state index contributed by atoms with van der Waals surface area (Å²) in [5, 5.41) is 5.24. The van der Waals surface area contributed by atoms with E-state index in [0.29, 0.717) is 36.8 Å². The Kier molecular flexibility index (Phi) is 5.70. The summed E-state index contributed by atoms with van der Waals surface area (Å²) < 4.78 is 40.4. The van der Waals surface area contributed by atoms with E-state index in [9.17, 15) is 18.0 Å². The summed E-state index contributed by atoms with van der Waals surface area (Å²) in [5.74, 6) is -1.08. The number of carbonyl (C=O) groups excluding carboxylic acids is 1. The van der Waals surface area contributed by atoms with Gasteiger partial charge in [-0.05, 0) is 29.8 Å². The molecule has 0 bridgehead atoms. The normalized spacial score (nSPS) is 14.0. The van der Waals surface area contributed by atoms with Crippen molar-refractivity contribution in [3.63, 3.8) is 0 Å². The average Bonchev–Trinajstić information content (AvgIpc) is 3.24. The molecule has 0 atom stereocenters. The molecule has 5 rings (SSSR count). The molecule has 0 saturated carbocycles. The van der Waals surface area contributed by atoms with E-state index in [4.69, 9.17) is 5.73 Å². The number of nitrogens with zero attached hydrogens (tertiary/aromatic N) is 4. The van der Waals surface area contributed by atoms with Gasteiger partial charge in [-0.2, -0.15) is 4.98 Å². The number of halogens is 3. The summed E-state index contributed by atoms with van der Waals surface area (Å²) in [5.41, 5.74) is 7.59. The molecule has 1 aliphatic heterocycles. The van der Waals surface area contributed by atoms with Gasteiger partial charge in [0.2, 0.25) is 5.95 Å². The van der Waals surface area contributed by atoms with Gasteiger partial charge in [-0.1, -0.05) is 12.1 Å². The second-order valence-corrected chi connectivity index (χ2v) is 8.63. The Bertz CT molecular complexity index is 1370. The maximum atomic E-state index is 13.9. The molecule has 0 unspecified atom stereocenters. The highest BCUT2D eigenvalue weighted by Crippen LogP contribution is 2.39. The molecule has 34 heavy (non-hydrogen) atoms. The van der Waals surface area contributed by atoms with E-state index in [1.165, 1.54) is 29.5 Å². The second kappa shape index (κ2) is 8.82. The van der Waals surface area contributed by atoms with Crippen molar-refractivity contribution < 1.29 is 18.0 Å². The number of aromatic nitrogens is 2. The number of benzene rings is 2. The summed E-state index contributed by atoms with van der Waals surface area (Å²) in [7, 11) is 0. The number of fused-ring (bicyclic) bond motifs is 1. The number of thiophene rings is 1. The van der Waals surface area contributed by atoms with Crippen molar-refractivity contribution in [3.8, 4) is 11.1 Å². The monoisotopic (exact) mass is 484 g/mol. The van der Waals surface area contributed by atoms with Crippen LogP contribution in [0.1, 0.15) is 0 Å². The third-order valence-corrected chi connectivity index (χ3v) is 6.50. The van der Waals surface area contributed by atoms with E-state index in [1.807, 2.05) is 10.3 Å². The zero-order valence-electron chi connectivity index (χ0n) is 17.8. The van der Waals surface area contributed by atoms with Crippen LogP contribution >= 0.6 is 11.3 Å². The highest BCUT2D eigenvalue weighted by atomic mass is 32.1. The van der Waals surface area contributed by atoms with Gasteiger partial charge in [-0.15, -0.1) is 11.3 Å². The van der Waals surface area contributed by atoms with E-state index >= 15 is 0 Å². The van der Waals surface area contributed by atoms with Crippen LogP contribution in [-0.2, 0) is 0 Å². The largest absolute Gasteiger partial charge is 0.368 e. The minimum absolute atomic E-state index is 0.0821. The van der Waals surface area contributed by atoms with E-state index < -0.39 is 17.7 Å². The molecule has 11 heteroatoms. The van der Waals surface area contributed by atoms with Crippen LogP contribution in [0, 0.1) is 17.5 Å². The van der Waals surface area contributed by atoms with Crippen molar-refractivity contribution >= 4 is 45.0 Å². The lowest BCUT2D eigenvalue weighted by Crippen LogP contribution is -2.50. The first kappa shape index (κ1) is 22.0. The van der Waals surface area contributed by atoms with Crippen molar-refractivity contribution in [2.75, 3.05) is 42.1 Å². The molecule has 2 aromatic heterocycles. The van der Waals surface area contributed by atoms with Crippen molar-refractivity contribution in [1.82, 2.24) is 14.9 Å². The maximum absolute atomic E-state index is 13.9. The van der Waals surface area contributed by atoms with Crippen LogP contribution in [0.5, 0.6) is 0 Å². The minimum Gasteiger partial charge on any atom is -0.368 e. The number of nitrogens with one attached hydrogen (secondary N) is 1. The Balaban J connectivity index is 1.37. The lowest BCUT2D eigenvalue weighted by atomic mass is 10.1. The average molecular weight is 485 g/mol. The third kappa shape index (κ3) is 4.21. The topological polar surface area (TPSA) is 87.4 Å². The fraction of sp³-hybridized carbons (Fsp3) is 0.174. The van der Waals surface area contributed by atoms with Gasteiger partial charge in [0.15, 0.2) is 0 Å². The zero-order valence-corrected chi connectivity index (χ0v) is 18.6. The number of carbonyl (C=O) groups is 1. The first-order chi connectivity index (χ1) is 16.4. The molecule has 2 aromatic carbocycles. The molecule has 174 valence electrons. The molecule has 3 heterocycles. The smallest absolute Gasteiger partial charge is 0.322 e. The Morgan fingerprint density at radius 1 is 0.971 bits per heavy atom. The van der Waals surface area contributed by atoms with Crippen LogP contribution in [0.25, 0.3) is 21.3 Å². The van der Waals surface area contributed by atoms with Crippen LogP contribution < -0.4 is 16.0 Å². The first-order valence-corrected chi connectivity index (χ1v) is 11.3. The van der Waals surface area contributed by atoms with Gasteiger partial charge in [-0.25, -0.2) is 22.9 Å². The van der Waals surface area contributed by atoms with Gasteiger partial charge in [0.1, 0.15) is 28.1 Å². The van der Waals surface area contributed by atoms with Crippen LogP contribution in [0.15, 0.2) is 47.8 Å². The number of rotatable bonds is 3. The molecule has 1 aliphatic rings. The van der Waals surface area contributed by atoms with Crippen molar-refractivity contribution in [2.24, 2.45) is 0 Å². The number of amides is 2. The fourth-order valence-electron chi connectivity index (χ4n) is 3.92. The van der Waals surface area contributed by atoms with E-state index in [0.717, 1.165) is 28.6 Å². The standard InChI is InChI=1S/C23H19F3N6OS/c24-14-3-1-13(2-4-14)16-12-34-21-19(16)20(29-22(27)30-21)31-7-9-32(10-8-31)23(33)28-18-6-5-15(25)11-17(18)26/h1-6,11-12H,7-10H2,(H,28,33)(H2,27,29,30). The number of nitrogens with two attached hydrogens (primary N) is 1. The molecule has 1 fully saturated rings. The van der Waals surface area contributed by atoms with Crippen molar-refractivity contribution in [2.45, 2.75) is 0 Å². The molecule has 0 aliphatic carbocycles. The summed E-state index contributed by atoms with van der Waals surface area (Å²) in [6.45, 7) is 1.64. The first-order valence-electron chi connectivity index (χ1n) is 10.5. The lowest BCUT2D eigenvalue weighted by Gasteiger charge is -2.35. The highest BCUT2D eigenvalue weighted by molar-refractivity contribution is 7.17. The molecule has 7 nitrogen and oxygen atoms in total. The number of piperazine rings is 1. The third-order valence-electron chi connectivity index (χ3n) is 5.63. The summed E-state index contributed by atoms with van der Waals surface area (Å²) in [4.78, 5) is 25.7. The van der Waals surface area contributed by atoms with Gasteiger partial charge in [-0.3, -0.25) is 0 Å². The summed E-state index contributed by atoms with van der Waals surface area (Å²) >= 11 is 1.43. The number of nitrogen functional groups attached to an aromatic ring is 1. The highest BCUT2D eigenvalue weighted by Gasteiger charge is 2.26. The molecule has 1 saturated heterocycles. The van der Waals surface area contributed by atoms with E-state index in [-0.39, 0.29) is 17.5 Å². The number of anilines is 3. The van der Waals surface area contributed by atoms with E-state index in [2.05, 4.69) is 15.3 Å². The maximum Gasteiger partial charge on any atom is 0.322 e. The Hall–Kier alpha value is -3.86. The molecule has 2 amide bonds. The molecule has 3 N–H and O–H groups in total. The van der Waals surface area contributed by atoms with Crippen LogP contribution in [0.4, 0.5) is 35.4 Å². The van der Waals surface area contributed by atoms with Crippen LogP contribution in [0.2, 0.25) is 0 Å². The second-order valence-electron chi connectivity index (χ2n) is 7.77. The SMILES string of the molecule is Nc1nc(N2CCN(C(=O)Nc3ccc(F)cc3F)CC2)c2c(-c3ccc(F)cc3)csc2n1. The molecule has 0 radical (unpaired) electrons. The predicted octanol–water partition coefficient (Wildman–Crippen LogP) is 4.71. The lowest BCUT2D eigenvalue weighted by molar-refractivity contribution is 0.208. The van der Waals surface area contributed by atoms with E-state index in [1.54, 1.807) is 17.0 Å². The van der Waals surface area contributed by atoms with Gasteiger partial charge in [0.05, 0.1) is 11.1 Å². The molecule has 4 aromatic rings. The van der Waals surface area contributed by atoms with Crippen LogP contribution in [0.3, 0.4) is 0 Å². The quantitative estimate of drug-likeness (QED) is 0.440.